The minimum absolute atomic E-state index is 0.0479. The third kappa shape index (κ3) is 2.43. The average Bonchev–Trinajstić information content (AvgIpc) is 2.87. The minimum atomic E-state index is -0.810. The Bertz CT molecular complexity index is 480. The lowest BCUT2D eigenvalue weighted by Gasteiger charge is -2.28. The Hall–Kier alpha value is -1.23. The van der Waals surface area contributed by atoms with Crippen LogP contribution < -0.4 is 5.73 Å². The Morgan fingerprint density at radius 2 is 2.21 bits per heavy atom. The van der Waals surface area contributed by atoms with Crippen LogP contribution in [0.4, 0.5) is 0 Å². The number of ether oxygens (including phenoxy) is 2. The van der Waals surface area contributed by atoms with Gasteiger partial charge < -0.3 is 15.2 Å². The van der Waals surface area contributed by atoms with Gasteiger partial charge in [-0.05, 0) is 24.0 Å². The summed E-state index contributed by atoms with van der Waals surface area (Å²) in [7, 11) is 0. The Kier molecular flexibility index (Phi) is 3.39. The number of rotatable bonds is 3. The second kappa shape index (κ2) is 5.04. The number of carbonyl (C=O) groups excluding carboxylic acids is 1. The lowest BCUT2D eigenvalue weighted by molar-refractivity contribution is -0.127. The summed E-state index contributed by atoms with van der Waals surface area (Å²) in [6.45, 7) is 1.58. The van der Waals surface area contributed by atoms with Gasteiger partial charge in [0.05, 0.1) is 19.3 Å². The predicted molar refractivity (Wildman–Crippen MR) is 70.8 cm³/mol. The summed E-state index contributed by atoms with van der Waals surface area (Å²) in [4.78, 5) is 12.4. The van der Waals surface area contributed by atoms with Crippen LogP contribution in [0.15, 0.2) is 24.3 Å². The van der Waals surface area contributed by atoms with Gasteiger partial charge in [0, 0.05) is 13.0 Å². The van der Waals surface area contributed by atoms with Gasteiger partial charge in [-0.25, -0.2) is 0 Å². The molecule has 2 atom stereocenters. The van der Waals surface area contributed by atoms with Gasteiger partial charge in [0.15, 0.2) is 5.78 Å². The van der Waals surface area contributed by atoms with Crippen molar-refractivity contribution in [1.29, 1.82) is 0 Å². The van der Waals surface area contributed by atoms with Crippen LogP contribution in [0.5, 0.6) is 0 Å². The van der Waals surface area contributed by atoms with E-state index in [4.69, 9.17) is 15.2 Å². The molecule has 4 heteroatoms. The van der Waals surface area contributed by atoms with Crippen molar-refractivity contribution in [2.24, 2.45) is 5.73 Å². The number of hydrogen-bond donors (Lipinski definition) is 1. The molecular weight excluding hydrogens is 242 g/mol. The smallest absolute Gasteiger partial charge is 0.158 e. The Labute approximate surface area is 112 Å². The standard InChI is InChI=1S/C15H19NO3/c16-15(6-8-18-10-15)14(17)9-13-12-4-2-1-3-11(12)5-7-19-13/h1-4,13H,5-10,16H2. The number of carbonyl (C=O) groups is 1. The highest BCUT2D eigenvalue weighted by Gasteiger charge is 2.39. The van der Waals surface area contributed by atoms with E-state index >= 15 is 0 Å². The first kappa shape index (κ1) is 12.8. The molecule has 2 aliphatic heterocycles. The normalized spacial score (nSPS) is 30.1. The van der Waals surface area contributed by atoms with Gasteiger partial charge in [-0.1, -0.05) is 24.3 Å². The van der Waals surface area contributed by atoms with Gasteiger partial charge >= 0.3 is 0 Å². The molecule has 0 bridgehead atoms. The first-order valence-corrected chi connectivity index (χ1v) is 6.78. The van der Waals surface area contributed by atoms with Crippen molar-refractivity contribution in [3.8, 4) is 0 Å². The molecule has 0 amide bonds. The first-order valence-electron chi connectivity index (χ1n) is 6.78. The predicted octanol–water partition coefficient (Wildman–Crippen LogP) is 1.38. The maximum atomic E-state index is 12.4. The topological polar surface area (TPSA) is 61.6 Å². The van der Waals surface area contributed by atoms with E-state index in [-0.39, 0.29) is 11.9 Å². The van der Waals surface area contributed by atoms with Gasteiger partial charge in [0.25, 0.3) is 0 Å². The van der Waals surface area contributed by atoms with Crippen molar-refractivity contribution < 1.29 is 14.3 Å². The van der Waals surface area contributed by atoms with Crippen molar-refractivity contribution in [1.82, 2.24) is 0 Å². The quantitative estimate of drug-likeness (QED) is 0.893. The summed E-state index contributed by atoms with van der Waals surface area (Å²) in [6, 6.07) is 8.16. The number of Topliss-reactive ketones (excluding diaryl/α,β-unsaturated/α-hetero) is 1. The molecular formula is C15H19NO3. The third-order valence-corrected chi connectivity index (χ3v) is 4.07. The zero-order valence-electron chi connectivity index (χ0n) is 10.9. The number of hydrogen-bond acceptors (Lipinski definition) is 4. The van der Waals surface area contributed by atoms with E-state index in [0.29, 0.717) is 32.7 Å². The second-order valence-electron chi connectivity index (χ2n) is 5.39. The van der Waals surface area contributed by atoms with Crippen molar-refractivity contribution in [3.63, 3.8) is 0 Å². The van der Waals surface area contributed by atoms with E-state index in [1.54, 1.807) is 0 Å². The molecule has 0 saturated carbocycles. The summed E-state index contributed by atoms with van der Waals surface area (Å²) in [5.74, 6) is 0.0479. The number of ketones is 1. The Balaban J connectivity index is 1.76. The molecule has 102 valence electrons. The molecule has 2 unspecified atom stereocenters. The van der Waals surface area contributed by atoms with Crippen LogP contribution in [0.1, 0.15) is 30.1 Å². The van der Waals surface area contributed by atoms with Crippen LogP contribution in [0, 0.1) is 0 Å². The fraction of sp³-hybridized carbons (Fsp3) is 0.533. The molecule has 2 aliphatic rings. The summed E-state index contributed by atoms with van der Waals surface area (Å²) in [5.41, 5.74) is 7.71. The van der Waals surface area contributed by atoms with E-state index in [0.717, 1.165) is 12.0 Å². The van der Waals surface area contributed by atoms with Crippen molar-refractivity contribution in [2.75, 3.05) is 19.8 Å². The second-order valence-corrected chi connectivity index (χ2v) is 5.39. The van der Waals surface area contributed by atoms with E-state index in [9.17, 15) is 4.79 Å². The molecule has 0 spiro atoms. The fourth-order valence-electron chi connectivity index (χ4n) is 2.82. The van der Waals surface area contributed by atoms with Crippen LogP contribution in [-0.4, -0.2) is 31.1 Å². The summed E-state index contributed by atoms with van der Waals surface area (Å²) >= 11 is 0. The van der Waals surface area contributed by atoms with Crippen molar-refractivity contribution in [3.05, 3.63) is 35.4 Å². The van der Waals surface area contributed by atoms with E-state index < -0.39 is 5.54 Å². The lowest BCUT2D eigenvalue weighted by Crippen LogP contribution is -2.49. The molecule has 2 N–H and O–H groups in total. The fourth-order valence-corrected chi connectivity index (χ4v) is 2.82. The van der Waals surface area contributed by atoms with E-state index in [2.05, 4.69) is 6.07 Å². The van der Waals surface area contributed by atoms with Gasteiger partial charge in [0.2, 0.25) is 0 Å². The van der Waals surface area contributed by atoms with Crippen LogP contribution in [0.25, 0.3) is 0 Å². The number of benzene rings is 1. The summed E-state index contributed by atoms with van der Waals surface area (Å²) in [6.07, 6.45) is 1.72. The largest absolute Gasteiger partial charge is 0.379 e. The molecule has 0 radical (unpaired) electrons. The van der Waals surface area contributed by atoms with Crippen LogP contribution >= 0.6 is 0 Å². The molecule has 4 nitrogen and oxygen atoms in total. The minimum Gasteiger partial charge on any atom is -0.379 e. The molecule has 19 heavy (non-hydrogen) atoms. The highest BCUT2D eigenvalue weighted by atomic mass is 16.5. The number of nitrogens with two attached hydrogens (primary N) is 1. The van der Waals surface area contributed by atoms with E-state index in [1.165, 1.54) is 5.56 Å². The molecule has 1 fully saturated rings. The zero-order valence-corrected chi connectivity index (χ0v) is 10.9. The first-order chi connectivity index (χ1) is 9.19. The number of fused-ring (bicyclic) bond motifs is 1. The maximum absolute atomic E-state index is 12.4. The summed E-state index contributed by atoms with van der Waals surface area (Å²) in [5, 5.41) is 0. The molecule has 1 aromatic rings. The monoisotopic (exact) mass is 261 g/mol. The molecule has 1 saturated heterocycles. The average molecular weight is 261 g/mol. The van der Waals surface area contributed by atoms with Crippen LogP contribution in [0.3, 0.4) is 0 Å². The van der Waals surface area contributed by atoms with Crippen LogP contribution in [0.2, 0.25) is 0 Å². The molecule has 0 aliphatic carbocycles. The van der Waals surface area contributed by atoms with Crippen molar-refractivity contribution >= 4 is 5.78 Å². The van der Waals surface area contributed by atoms with E-state index in [1.807, 2.05) is 18.2 Å². The van der Waals surface area contributed by atoms with Gasteiger partial charge in [0.1, 0.15) is 5.54 Å². The highest BCUT2D eigenvalue weighted by molar-refractivity contribution is 5.89. The molecule has 3 rings (SSSR count). The Morgan fingerprint density at radius 3 is 3.00 bits per heavy atom. The Morgan fingerprint density at radius 1 is 1.37 bits per heavy atom. The third-order valence-electron chi connectivity index (χ3n) is 4.07. The zero-order chi connectivity index (χ0) is 13.3. The SMILES string of the molecule is NC1(C(=O)CC2OCCc3ccccc32)CCOC1. The van der Waals surface area contributed by atoms with Crippen molar-refractivity contribution in [2.45, 2.75) is 30.9 Å². The molecule has 2 heterocycles. The van der Waals surface area contributed by atoms with Gasteiger partial charge in [-0.15, -0.1) is 0 Å². The highest BCUT2D eigenvalue weighted by Crippen LogP contribution is 2.31. The lowest BCUT2D eigenvalue weighted by atomic mass is 9.87. The molecule has 1 aromatic carbocycles. The summed E-state index contributed by atoms with van der Waals surface area (Å²) < 4.78 is 11.0. The maximum Gasteiger partial charge on any atom is 0.158 e. The molecule has 0 aromatic heterocycles. The van der Waals surface area contributed by atoms with Crippen LogP contribution in [-0.2, 0) is 20.7 Å². The van der Waals surface area contributed by atoms with Gasteiger partial charge in [-0.3, -0.25) is 4.79 Å². The van der Waals surface area contributed by atoms with Gasteiger partial charge in [-0.2, -0.15) is 0 Å².